The molecule has 0 fully saturated rings. The number of hydrogen-bond acceptors (Lipinski definition) is 3. The lowest BCUT2D eigenvalue weighted by atomic mass is 10.2. The van der Waals surface area contributed by atoms with Crippen LogP contribution in [0.1, 0.15) is 5.56 Å². The first-order valence-electron chi connectivity index (χ1n) is 3.24. The van der Waals surface area contributed by atoms with E-state index in [1.165, 1.54) is 4.90 Å². The van der Waals surface area contributed by atoms with E-state index in [2.05, 4.69) is 5.10 Å². The minimum atomic E-state index is 1.03. The molecule has 1 rings (SSSR count). The number of benzene rings is 1. The maximum Gasteiger partial charge on any atom is 0.0538 e. The van der Waals surface area contributed by atoms with Gasteiger partial charge in [-0.1, -0.05) is 12.1 Å². The van der Waals surface area contributed by atoms with Gasteiger partial charge in [0, 0.05) is 4.90 Å². The molecule has 0 saturated heterocycles. The summed E-state index contributed by atoms with van der Waals surface area (Å²) in [5.41, 5.74) is 1.03. The first kappa shape index (κ1) is 8.14. The Morgan fingerprint density at radius 2 is 2.00 bits per heavy atom. The molecule has 0 heterocycles. The van der Waals surface area contributed by atoms with Crippen molar-refractivity contribution < 1.29 is 0 Å². The molecule has 2 N–H and O–H groups in total. The van der Waals surface area contributed by atoms with Crippen molar-refractivity contribution in [3.63, 3.8) is 0 Å². The quantitative estimate of drug-likeness (QED) is 0.314. The van der Waals surface area contributed by atoms with E-state index in [9.17, 15) is 0 Å². The highest BCUT2D eigenvalue weighted by Crippen LogP contribution is 2.13. The maximum atomic E-state index is 5.00. The molecule has 1 aromatic carbocycles. The molecule has 3 heteroatoms. The third-order valence-corrected chi connectivity index (χ3v) is 2.08. The van der Waals surface area contributed by atoms with Crippen molar-refractivity contribution in [1.82, 2.24) is 0 Å². The third-order valence-electron chi connectivity index (χ3n) is 1.34. The lowest BCUT2D eigenvalue weighted by Crippen LogP contribution is -1.85. The summed E-state index contributed by atoms with van der Waals surface area (Å²) in [6.07, 6.45) is 3.68. The molecule has 0 aliphatic carbocycles. The zero-order valence-corrected chi connectivity index (χ0v) is 7.14. The highest BCUT2D eigenvalue weighted by molar-refractivity contribution is 7.98. The summed E-state index contributed by atoms with van der Waals surface area (Å²) in [6.45, 7) is 0. The fourth-order valence-corrected chi connectivity index (χ4v) is 1.18. The number of rotatable bonds is 2. The Kier molecular flexibility index (Phi) is 2.98. The summed E-state index contributed by atoms with van der Waals surface area (Å²) in [5, 5.41) is 3.43. The Morgan fingerprint density at radius 3 is 2.45 bits per heavy atom. The number of nitrogens with two attached hydrogens (primary N) is 1. The molecule has 11 heavy (non-hydrogen) atoms. The summed E-state index contributed by atoms with van der Waals surface area (Å²) in [6, 6.07) is 8.06. The highest BCUT2D eigenvalue weighted by Gasteiger charge is 1.88. The lowest BCUT2D eigenvalue weighted by Gasteiger charge is -1.94. The molecule has 58 valence electrons. The van der Waals surface area contributed by atoms with Crippen LogP contribution < -0.4 is 5.84 Å². The standard InChI is InChI=1S/C8H10N2S/c1-11-8-4-2-7(3-5-8)6-10-9/h2-6H,9H2,1H3. The molecular weight excluding hydrogens is 156 g/mol. The fraction of sp³-hybridized carbons (Fsp3) is 0.125. The number of thioether (sulfide) groups is 1. The smallest absolute Gasteiger partial charge is 0.0538 e. The molecule has 0 unspecified atom stereocenters. The Labute approximate surface area is 70.5 Å². The van der Waals surface area contributed by atoms with Crippen molar-refractivity contribution in [2.75, 3.05) is 6.26 Å². The lowest BCUT2D eigenvalue weighted by molar-refractivity contribution is 1.26. The Morgan fingerprint density at radius 1 is 1.36 bits per heavy atom. The van der Waals surface area contributed by atoms with Gasteiger partial charge in [0.25, 0.3) is 0 Å². The second-order valence-corrected chi connectivity index (χ2v) is 2.93. The van der Waals surface area contributed by atoms with E-state index in [4.69, 9.17) is 5.84 Å². The van der Waals surface area contributed by atoms with Crippen LogP contribution in [0.5, 0.6) is 0 Å². The number of hydrogen-bond donors (Lipinski definition) is 1. The molecular formula is C8H10N2S. The molecule has 1 aromatic rings. The summed E-state index contributed by atoms with van der Waals surface area (Å²) in [5.74, 6) is 5.00. The van der Waals surface area contributed by atoms with Crippen LogP contribution in [0.2, 0.25) is 0 Å². The van der Waals surface area contributed by atoms with Crippen LogP contribution in [0.25, 0.3) is 0 Å². The number of nitrogens with zero attached hydrogens (tertiary/aromatic N) is 1. The van der Waals surface area contributed by atoms with Gasteiger partial charge in [0.05, 0.1) is 6.21 Å². The SMILES string of the molecule is CSc1ccc(C=NN)cc1. The van der Waals surface area contributed by atoms with Gasteiger partial charge in [-0.25, -0.2) is 0 Å². The molecule has 0 saturated carbocycles. The van der Waals surface area contributed by atoms with E-state index in [-0.39, 0.29) is 0 Å². The molecule has 2 nitrogen and oxygen atoms in total. The zero-order valence-electron chi connectivity index (χ0n) is 6.32. The van der Waals surface area contributed by atoms with Crippen LogP contribution in [0.15, 0.2) is 34.3 Å². The minimum Gasteiger partial charge on any atom is -0.323 e. The molecule has 0 spiro atoms. The molecule has 0 atom stereocenters. The highest BCUT2D eigenvalue weighted by atomic mass is 32.2. The molecule has 0 aromatic heterocycles. The second-order valence-electron chi connectivity index (χ2n) is 2.05. The van der Waals surface area contributed by atoms with Crippen LogP contribution in [0, 0.1) is 0 Å². The van der Waals surface area contributed by atoms with Gasteiger partial charge in [-0.15, -0.1) is 11.8 Å². The summed E-state index contributed by atoms with van der Waals surface area (Å²) >= 11 is 1.72. The topological polar surface area (TPSA) is 38.4 Å². The van der Waals surface area contributed by atoms with E-state index in [1.54, 1.807) is 18.0 Å². The van der Waals surface area contributed by atoms with Crippen molar-refractivity contribution in [2.45, 2.75) is 4.90 Å². The Balaban J connectivity index is 2.82. The van der Waals surface area contributed by atoms with Crippen LogP contribution in [0.3, 0.4) is 0 Å². The summed E-state index contributed by atoms with van der Waals surface area (Å²) in [4.78, 5) is 1.25. The van der Waals surface area contributed by atoms with E-state index in [1.807, 2.05) is 30.5 Å². The van der Waals surface area contributed by atoms with Crippen LogP contribution in [0.4, 0.5) is 0 Å². The van der Waals surface area contributed by atoms with E-state index in [0.29, 0.717) is 0 Å². The summed E-state index contributed by atoms with van der Waals surface area (Å²) in [7, 11) is 0. The van der Waals surface area contributed by atoms with Crippen LogP contribution >= 0.6 is 11.8 Å². The molecule has 0 amide bonds. The largest absolute Gasteiger partial charge is 0.323 e. The molecule has 0 radical (unpaired) electrons. The van der Waals surface area contributed by atoms with Gasteiger partial charge < -0.3 is 5.84 Å². The van der Waals surface area contributed by atoms with E-state index >= 15 is 0 Å². The first-order chi connectivity index (χ1) is 5.36. The van der Waals surface area contributed by atoms with Crippen molar-refractivity contribution in [3.05, 3.63) is 29.8 Å². The van der Waals surface area contributed by atoms with Gasteiger partial charge in [-0.05, 0) is 24.0 Å². The predicted molar refractivity (Wildman–Crippen MR) is 50.0 cm³/mol. The minimum absolute atomic E-state index is 1.03. The van der Waals surface area contributed by atoms with Crippen LogP contribution in [-0.2, 0) is 0 Å². The van der Waals surface area contributed by atoms with Gasteiger partial charge in [0.15, 0.2) is 0 Å². The van der Waals surface area contributed by atoms with Crippen molar-refractivity contribution >= 4 is 18.0 Å². The van der Waals surface area contributed by atoms with Gasteiger partial charge in [-0.2, -0.15) is 5.10 Å². The van der Waals surface area contributed by atoms with Gasteiger partial charge >= 0.3 is 0 Å². The maximum absolute atomic E-state index is 5.00. The average Bonchev–Trinajstić information content (AvgIpc) is 2.07. The van der Waals surface area contributed by atoms with Crippen molar-refractivity contribution in [1.29, 1.82) is 0 Å². The first-order valence-corrected chi connectivity index (χ1v) is 4.46. The third kappa shape index (κ3) is 2.27. The van der Waals surface area contributed by atoms with Gasteiger partial charge in [0.2, 0.25) is 0 Å². The molecule has 0 aliphatic heterocycles. The molecule has 0 aliphatic rings. The fourth-order valence-electron chi connectivity index (χ4n) is 0.776. The monoisotopic (exact) mass is 166 g/mol. The van der Waals surface area contributed by atoms with Crippen molar-refractivity contribution in [2.24, 2.45) is 10.9 Å². The van der Waals surface area contributed by atoms with Crippen LogP contribution in [-0.4, -0.2) is 12.5 Å². The zero-order chi connectivity index (χ0) is 8.10. The second kappa shape index (κ2) is 4.03. The Hall–Kier alpha value is -0.960. The normalized spacial score (nSPS) is 10.6. The summed E-state index contributed by atoms with van der Waals surface area (Å²) < 4.78 is 0. The average molecular weight is 166 g/mol. The van der Waals surface area contributed by atoms with Gasteiger partial charge in [-0.3, -0.25) is 0 Å². The Bertz CT molecular complexity index is 241. The van der Waals surface area contributed by atoms with Gasteiger partial charge in [0.1, 0.15) is 0 Å². The van der Waals surface area contributed by atoms with Crippen molar-refractivity contribution in [3.8, 4) is 0 Å². The predicted octanol–water partition coefficient (Wildman–Crippen LogP) is 1.70. The molecule has 0 bridgehead atoms. The van der Waals surface area contributed by atoms with E-state index < -0.39 is 0 Å². The number of hydrazone groups is 1. The van der Waals surface area contributed by atoms with E-state index in [0.717, 1.165) is 5.56 Å².